The van der Waals surface area contributed by atoms with E-state index < -0.39 is 6.67 Å². The van der Waals surface area contributed by atoms with Gasteiger partial charge in [0.15, 0.2) is 6.54 Å². The second-order valence-electron chi connectivity index (χ2n) is 7.16. The van der Waals surface area contributed by atoms with E-state index in [2.05, 4.69) is 9.47 Å². The molecule has 0 unspecified atom stereocenters. The van der Waals surface area contributed by atoms with Crippen molar-refractivity contribution in [1.82, 2.24) is 0 Å². The van der Waals surface area contributed by atoms with E-state index in [1.54, 1.807) is 30.2 Å². The molecule has 0 bridgehead atoms. The number of aromatic nitrogens is 1. The van der Waals surface area contributed by atoms with Gasteiger partial charge in [0.05, 0.1) is 24.4 Å². The third-order valence-corrected chi connectivity index (χ3v) is 7.35. The van der Waals surface area contributed by atoms with Crippen LogP contribution in [0.15, 0.2) is 58.5 Å². The van der Waals surface area contributed by atoms with Crippen molar-refractivity contribution in [3.05, 3.63) is 58.6 Å². The molecule has 2 aromatic carbocycles. The minimum absolute atomic E-state index is 0.0236. The van der Waals surface area contributed by atoms with Gasteiger partial charge in [0.1, 0.15) is 36.1 Å². The Morgan fingerprint density at radius 1 is 1.12 bits per heavy atom. The molecule has 1 aromatic heterocycles. The van der Waals surface area contributed by atoms with Gasteiger partial charge >= 0.3 is 0 Å². The molecule has 0 radical (unpaired) electrons. The third kappa shape index (κ3) is 5.16. The number of β-amino-alcohol motifs (C(OH)–C–C–N with tert-alkyl or cyclic N) is 1. The number of ether oxygens (including phenoxy) is 2. The summed E-state index contributed by atoms with van der Waals surface area (Å²) >= 11 is 3.23. The van der Waals surface area contributed by atoms with Gasteiger partial charge in [-0.3, -0.25) is 0 Å². The summed E-state index contributed by atoms with van der Waals surface area (Å²) in [6.07, 6.45) is 6.02. The van der Waals surface area contributed by atoms with Crippen molar-refractivity contribution in [1.29, 1.82) is 0 Å². The van der Waals surface area contributed by atoms with Gasteiger partial charge in [-0.05, 0) is 24.3 Å². The molecule has 1 aliphatic heterocycles. The van der Waals surface area contributed by atoms with Crippen LogP contribution < -0.4 is 18.9 Å². The van der Waals surface area contributed by atoms with Gasteiger partial charge < -0.3 is 24.6 Å². The van der Waals surface area contributed by atoms with E-state index in [1.807, 2.05) is 54.6 Å². The number of thioether (sulfide) groups is 1. The molecule has 0 saturated carbocycles. The van der Waals surface area contributed by atoms with Crippen molar-refractivity contribution in [3.8, 4) is 11.5 Å². The summed E-state index contributed by atoms with van der Waals surface area (Å²) in [5.41, 5.74) is 2.01. The summed E-state index contributed by atoms with van der Waals surface area (Å²) in [5, 5.41) is 21.1. The molecule has 2 heterocycles. The highest BCUT2D eigenvalue weighted by molar-refractivity contribution is 8.03. The Labute approximate surface area is 200 Å². The average Bonchev–Trinajstić information content (AvgIpc) is 3.35. The quantitative estimate of drug-likeness (QED) is 0.420. The van der Waals surface area contributed by atoms with E-state index >= 15 is 0 Å². The van der Waals surface area contributed by atoms with Gasteiger partial charge in [0, 0.05) is 35.7 Å². The molecule has 4 rings (SSSR count). The highest BCUT2D eigenvalue weighted by Gasteiger charge is 2.25. The van der Waals surface area contributed by atoms with E-state index in [0.29, 0.717) is 18.8 Å². The molecule has 33 heavy (non-hydrogen) atoms. The fraction of sp³-hybridized carbons (Fsp3) is 0.292. The largest absolute Gasteiger partial charge is 0.497 e. The molecule has 0 spiro atoms. The first-order valence-electron chi connectivity index (χ1n) is 10.6. The lowest BCUT2D eigenvalue weighted by Crippen LogP contribution is -2.36. The molecular formula is C24H26FN2O4S2+. The van der Waals surface area contributed by atoms with E-state index in [-0.39, 0.29) is 19.8 Å². The van der Waals surface area contributed by atoms with Crippen molar-refractivity contribution in [2.45, 2.75) is 11.4 Å². The van der Waals surface area contributed by atoms with Crippen molar-refractivity contribution in [2.75, 3.05) is 45.0 Å². The number of anilines is 1. The van der Waals surface area contributed by atoms with E-state index in [0.717, 1.165) is 36.6 Å². The summed E-state index contributed by atoms with van der Waals surface area (Å²) in [4.78, 5) is 3.19. The zero-order valence-corrected chi connectivity index (χ0v) is 19.9. The fourth-order valence-electron chi connectivity index (χ4n) is 3.66. The van der Waals surface area contributed by atoms with Gasteiger partial charge in [0.25, 0.3) is 5.01 Å². The number of benzene rings is 2. The summed E-state index contributed by atoms with van der Waals surface area (Å²) < 4.78 is 26.3. The minimum Gasteiger partial charge on any atom is -0.497 e. The topological polar surface area (TPSA) is 66.0 Å². The maximum absolute atomic E-state index is 12.4. The zero-order valence-electron chi connectivity index (χ0n) is 18.2. The standard InChI is InChI=1S/C24H26FN2O4S2/c1-30-17-6-8-21-20(15-17)27(11-13-29)24(32-21)4-2-3-23-26(10-12-28)19-7-5-18(31-14-9-25)16-22(19)33-23/h2-8,15-16,28-29H,9-14H2,1H3/q+1. The number of alkyl halides is 1. The molecule has 0 amide bonds. The number of allylic oxidation sites excluding steroid dienone is 2. The summed E-state index contributed by atoms with van der Waals surface area (Å²) in [6, 6.07) is 11.6. The van der Waals surface area contributed by atoms with Crippen LogP contribution in [-0.4, -0.2) is 50.4 Å². The zero-order chi connectivity index (χ0) is 23.2. The Balaban J connectivity index is 1.62. The van der Waals surface area contributed by atoms with Crippen molar-refractivity contribution >= 4 is 45.1 Å². The first-order chi connectivity index (χ1) is 16.2. The number of nitrogens with zero attached hydrogens (tertiary/aromatic N) is 2. The molecule has 0 saturated heterocycles. The van der Waals surface area contributed by atoms with Crippen LogP contribution in [0.1, 0.15) is 5.01 Å². The van der Waals surface area contributed by atoms with Crippen molar-refractivity contribution < 1.29 is 28.6 Å². The van der Waals surface area contributed by atoms with Gasteiger partial charge in [-0.15, -0.1) is 0 Å². The number of rotatable bonds is 10. The van der Waals surface area contributed by atoms with E-state index in [9.17, 15) is 14.6 Å². The molecule has 3 aromatic rings. The minimum atomic E-state index is -0.530. The number of aliphatic hydroxyl groups is 2. The lowest BCUT2D eigenvalue weighted by atomic mass is 10.2. The van der Waals surface area contributed by atoms with Crippen LogP contribution >= 0.6 is 23.1 Å². The molecule has 6 nitrogen and oxygen atoms in total. The molecule has 9 heteroatoms. The smallest absolute Gasteiger partial charge is 0.262 e. The predicted octanol–water partition coefficient (Wildman–Crippen LogP) is 4.00. The number of hydrogen-bond acceptors (Lipinski definition) is 7. The summed E-state index contributed by atoms with van der Waals surface area (Å²) in [7, 11) is 1.64. The van der Waals surface area contributed by atoms with Crippen LogP contribution in [0.5, 0.6) is 11.5 Å². The van der Waals surface area contributed by atoms with Crippen LogP contribution in [0.2, 0.25) is 0 Å². The van der Waals surface area contributed by atoms with Crippen LogP contribution in [0.4, 0.5) is 10.1 Å². The average molecular weight is 490 g/mol. The lowest BCUT2D eigenvalue weighted by Gasteiger charge is -2.19. The lowest BCUT2D eigenvalue weighted by molar-refractivity contribution is -0.670. The Hall–Kier alpha value is -2.59. The third-order valence-electron chi connectivity index (χ3n) is 5.11. The van der Waals surface area contributed by atoms with Gasteiger partial charge in [0.2, 0.25) is 5.52 Å². The fourth-order valence-corrected chi connectivity index (χ4v) is 5.87. The highest BCUT2D eigenvalue weighted by atomic mass is 32.2. The monoisotopic (exact) mass is 489 g/mol. The molecule has 0 aliphatic carbocycles. The van der Waals surface area contributed by atoms with E-state index in [1.165, 1.54) is 0 Å². The maximum atomic E-state index is 12.4. The van der Waals surface area contributed by atoms with Crippen molar-refractivity contribution in [3.63, 3.8) is 0 Å². The molecule has 0 atom stereocenters. The molecular weight excluding hydrogens is 463 g/mol. The van der Waals surface area contributed by atoms with Crippen molar-refractivity contribution in [2.24, 2.45) is 0 Å². The van der Waals surface area contributed by atoms with Crippen LogP contribution in [0.3, 0.4) is 0 Å². The van der Waals surface area contributed by atoms with Gasteiger partial charge in [-0.25, -0.2) is 4.39 Å². The van der Waals surface area contributed by atoms with Crippen LogP contribution in [0.25, 0.3) is 16.3 Å². The van der Waals surface area contributed by atoms with E-state index in [4.69, 9.17) is 9.47 Å². The predicted molar refractivity (Wildman–Crippen MR) is 131 cm³/mol. The number of halogens is 1. The Morgan fingerprint density at radius 3 is 2.73 bits per heavy atom. The SMILES string of the molecule is COc1ccc2c(c1)N(CCO)/C(=C/C=C/c1sc3cc(OCCF)ccc3[n+]1CCO)S2. The first-order valence-corrected chi connectivity index (χ1v) is 12.2. The molecule has 1 aliphatic rings. The normalized spacial score (nSPS) is 14.5. The Kier molecular flexibility index (Phi) is 7.87. The van der Waals surface area contributed by atoms with Crippen LogP contribution in [-0.2, 0) is 6.54 Å². The number of methoxy groups -OCH3 is 1. The highest BCUT2D eigenvalue weighted by Crippen LogP contribution is 2.47. The second-order valence-corrected chi connectivity index (χ2v) is 9.28. The molecule has 2 N–H and O–H groups in total. The Morgan fingerprint density at radius 2 is 1.97 bits per heavy atom. The molecule has 0 fully saturated rings. The summed E-state index contributed by atoms with van der Waals surface area (Å²) in [6.45, 7) is 0.523. The van der Waals surface area contributed by atoms with Gasteiger partial charge in [-0.1, -0.05) is 29.2 Å². The Bertz CT molecular complexity index is 1180. The number of fused-ring (bicyclic) bond motifs is 2. The number of thiazole rings is 1. The number of aliphatic hydroxyl groups excluding tert-OH is 2. The molecule has 174 valence electrons. The second kappa shape index (κ2) is 11.0. The number of hydrogen-bond donors (Lipinski definition) is 2. The van der Waals surface area contributed by atoms with Gasteiger partial charge in [-0.2, -0.15) is 4.57 Å². The first kappa shape index (κ1) is 23.6. The summed E-state index contributed by atoms with van der Waals surface area (Å²) in [5.74, 6) is 1.41. The maximum Gasteiger partial charge on any atom is 0.262 e. The van der Waals surface area contributed by atoms with Crippen LogP contribution in [0, 0.1) is 0 Å².